The molecule has 22 aromatic carbocycles. The van der Waals surface area contributed by atoms with Crippen LogP contribution in [0.1, 0.15) is 83.1 Å². The van der Waals surface area contributed by atoms with E-state index in [-0.39, 0.29) is 11.2 Å². The fourth-order valence-corrected chi connectivity index (χ4v) is 21.2. The van der Waals surface area contributed by atoms with Crippen molar-refractivity contribution in [2.24, 2.45) is 0 Å². The van der Waals surface area contributed by atoms with Gasteiger partial charge >= 0.3 is 28.5 Å². The van der Waals surface area contributed by atoms with Crippen LogP contribution in [0.15, 0.2) is 425 Å². The van der Waals surface area contributed by atoms with E-state index in [2.05, 4.69) is 465 Å². The first-order chi connectivity index (χ1) is 67.8. The summed E-state index contributed by atoms with van der Waals surface area (Å²) in [6.45, 7) is 25.3. The summed E-state index contributed by atoms with van der Waals surface area (Å²) in [5.41, 5.74) is 18.4. The quantitative estimate of drug-likeness (QED) is 0.0977. The third kappa shape index (κ3) is 16.2. The molecule has 0 spiro atoms. The van der Waals surface area contributed by atoms with Crippen molar-refractivity contribution in [3.05, 3.63) is 425 Å². The molecule has 25 rings (SSSR count). The minimum absolute atomic E-state index is 0.381. The molecule has 0 aromatic heterocycles. The summed E-state index contributed by atoms with van der Waals surface area (Å²) < 4.78 is 38.8. The summed E-state index contributed by atoms with van der Waals surface area (Å²) in [5.74, 6) is 0. The molecule has 0 bridgehead atoms. The first-order valence-electron chi connectivity index (χ1n) is 48.8. The van der Waals surface area contributed by atoms with Crippen molar-refractivity contribution < 1.29 is 38.0 Å². The predicted octanol–water partition coefficient (Wildman–Crippen LogP) is 29.7. The van der Waals surface area contributed by atoms with Gasteiger partial charge in [0, 0.05) is 0 Å². The van der Waals surface area contributed by atoms with E-state index < -0.39 is 50.9 Å². The Balaban J connectivity index is 0.000000108. The lowest BCUT2D eigenvalue weighted by molar-refractivity contribution is 0.00578. The van der Waals surface area contributed by atoms with Crippen LogP contribution in [-0.4, -0.2) is 72.1 Å². The van der Waals surface area contributed by atoms with Gasteiger partial charge in [0.15, 0.2) is 0 Å². The Bertz CT molecular complexity index is 8460. The molecule has 0 unspecified atom stereocenters. The van der Waals surface area contributed by atoms with E-state index in [0.29, 0.717) is 5.46 Å². The molecular formula is C128H108B4O8. The molecule has 3 heterocycles. The summed E-state index contributed by atoms with van der Waals surface area (Å²) >= 11 is 0. The van der Waals surface area contributed by atoms with Crippen LogP contribution in [0.25, 0.3) is 196 Å². The van der Waals surface area contributed by atoms with Crippen LogP contribution in [0, 0.1) is 0 Å². The third-order valence-corrected chi connectivity index (χ3v) is 30.4. The third-order valence-electron chi connectivity index (χ3n) is 30.4. The van der Waals surface area contributed by atoms with Crippen LogP contribution in [0.5, 0.6) is 0 Å². The van der Waals surface area contributed by atoms with Gasteiger partial charge in [0.2, 0.25) is 0 Å². The Morgan fingerprint density at radius 3 is 0.700 bits per heavy atom. The highest BCUT2D eigenvalue weighted by Crippen LogP contribution is 2.51. The summed E-state index contributed by atoms with van der Waals surface area (Å²) in [5, 5.41) is 46.2. The van der Waals surface area contributed by atoms with Gasteiger partial charge in [0.05, 0.1) is 33.6 Å². The van der Waals surface area contributed by atoms with Crippen molar-refractivity contribution in [1.29, 1.82) is 0 Å². The van der Waals surface area contributed by atoms with Crippen molar-refractivity contribution in [3.8, 4) is 77.9 Å². The van der Waals surface area contributed by atoms with Crippen LogP contribution in [-0.2, 0) is 27.9 Å². The number of rotatable bonds is 11. The van der Waals surface area contributed by atoms with E-state index in [1.54, 1.807) is 0 Å². The maximum atomic E-state index is 10.1. The monoisotopic (exact) mass is 1820 g/mol. The second kappa shape index (κ2) is 36.1. The maximum Gasteiger partial charge on any atom is 0.494 e. The molecule has 3 fully saturated rings. The van der Waals surface area contributed by atoms with E-state index >= 15 is 0 Å². The largest absolute Gasteiger partial charge is 0.494 e. The van der Waals surface area contributed by atoms with Gasteiger partial charge < -0.3 is 38.0 Å². The average Bonchev–Trinajstić information content (AvgIpc) is 1.000. The van der Waals surface area contributed by atoms with Crippen molar-refractivity contribution >= 4 is 169 Å². The second-order valence-electron chi connectivity index (χ2n) is 40.4. The Hall–Kier alpha value is -14.4. The Kier molecular flexibility index (Phi) is 23.4. The molecule has 0 saturated carbocycles. The lowest BCUT2D eigenvalue weighted by Gasteiger charge is -2.32. The standard InChI is InChI=1S/2C36H31BO2.C32H29BO2.C24H17BO2/c1-35(2)36(3,4)39-37(38-35)26-21-22-31-32(23-26)33(25-14-6-5-7-15-25)29-18-10-11-19-30(29)34(31)28-20-12-16-24-13-8-9-17-27(24)28;1-35(2)36(3,4)39-37(38-35)28-20-21-31-32(23-28)33(25-13-6-5-7-14-25)29-16-10-11-17-30(29)34(31)27-19-18-24-12-8-9-15-26(24)22-27;1-31(2)32(3,4)35-33(34-31)24-19-20-27-28(21-24)30(23-15-9-6-10-16-23)26-18-12-11-17-25(26)29(27)22-13-7-5-8-14-22;26-25(27)24-21-13-5-3-11-19(21)23(20-12-4-6-14-22(20)24)18-15-7-9-16-8-1-2-10-17(16)18/h2*5-23H,1-4H3;5-21H,1-4H3;1-15,26-27H. The molecule has 3 saturated heterocycles. The summed E-state index contributed by atoms with van der Waals surface area (Å²) in [6.07, 6.45) is 0. The zero-order valence-electron chi connectivity index (χ0n) is 81.1. The first kappa shape index (κ1) is 90.8. The van der Waals surface area contributed by atoms with E-state index in [1.807, 2.05) is 42.5 Å². The maximum absolute atomic E-state index is 10.1. The highest BCUT2D eigenvalue weighted by molar-refractivity contribution is 6.66. The normalized spacial score (nSPS) is 15.5. The van der Waals surface area contributed by atoms with Gasteiger partial charge in [0.1, 0.15) is 0 Å². The molecule has 22 aromatic rings. The van der Waals surface area contributed by atoms with Gasteiger partial charge in [-0.15, -0.1) is 0 Å². The molecular weight excluding hydrogens is 1710 g/mol. The van der Waals surface area contributed by atoms with Gasteiger partial charge in [0.25, 0.3) is 0 Å². The highest BCUT2D eigenvalue weighted by atomic mass is 16.7. The number of hydrogen-bond donors (Lipinski definition) is 2. The van der Waals surface area contributed by atoms with Crippen molar-refractivity contribution in [2.75, 3.05) is 0 Å². The molecule has 140 heavy (non-hydrogen) atoms. The molecule has 12 heteroatoms. The summed E-state index contributed by atoms with van der Waals surface area (Å²) in [7, 11) is -2.77. The van der Waals surface area contributed by atoms with Crippen LogP contribution in [0.3, 0.4) is 0 Å². The zero-order chi connectivity index (χ0) is 96.1. The minimum atomic E-state index is -1.53. The SMILES string of the molecule is CC1(C)OB(c2ccc3c(-c4ccc5ccccc5c4)c4ccccc4c(-c4ccccc4)c3c2)OC1(C)C.CC1(C)OB(c2ccc3c(-c4cccc5ccccc45)c4ccccc4c(-c4ccccc4)c3c2)OC1(C)C.CC1(C)OB(c2ccc3c(-c4ccccc4)c4ccccc4c(-c4ccccc4)c3c2)OC1(C)C.OB(O)c1c2ccccc2c(-c2cccc3ccccc23)c2ccccc12. The van der Waals surface area contributed by atoms with Gasteiger partial charge in [-0.25, -0.2) is 0 Å². The topological polar surface area (TPSA) is 95.8 Å². The number of fused-ring (bicyclic) bond motifs is 11. The van der Waals surface area contributed by atoms with E-state index in [4.69, 9.17) is 27.9 Å². The summed E-state index contributed by atoms with van der Waals surface area (Å²) in [4.78, 5) is 0. The van der Waals surface area contributed by atoms with E-state index in [1.165, 1.54) is 164 Å². The van der Waals surface area contributed by atoms with Crippen molar-refractivity contribution in [3.63, 3.8) is 0 Å². The van der Waals surface area contributed by atoms with E-state index in [9.17, 15) is 10.0 Å². The molecule has 3 aliphatic heterocycles. The molecule has 0 radical (unpaired) electrons. The van der Waals surface area contributed by atoms with Crippen LogP contribution in [0.4, 0.5) is 0 Å². The van der Waals surface area contributed by atoms with Gasteiger partial charge in [-0.3, -0.25) is 0 Å². The molecule has 0 aliphatic carbocycles. The number of benzene rings is 22. The fourth-order valence-electron chi connectivity index (χ4n) is 21.2. The summed E-state index contributed by atoms with van der Waals surface area (Å²) in [6, 6.07) is 151. The second-order valence-corrected chi connectivity index (χ2v) is 40.4. The Morgan fingerprint density at radius 1 is 0.171 bits per heavy atom. The van der Waals surface area contributed by atoms with Gasteiger partial charge in [-0.2, -0.15) is 0 Å². The van der Waals surface area contributed by atoms with Crippen LogP contribution in [0.2, 0.25) is 0 Å². The predicted molar refractivity (Wildman–Crippen MR) is 593 cm³/mol. The van der Waals surface area contributed by atoms with Crippen LogP contribution < -0.4 is 21.9 Å². The molecule has 680 valence electrons. The fraction of sp³-hybridized carbons (Fsp3) is 0.141. The van der Waals surface area contributed by atoms with E-state index in [0.717, 1.165) is 49.1 Å². The number of hydrogen-bond acceptors (Lipinski definition) is 8. The highest BCUT2D eigenvalue weighted by Gasteiger charge is 2.54. The lowest BCUT2D eigenvalue weighted by Crippen LogP contribution is -2.41. The molecule has 0 amide bonds. The van der Waals surface area contributed by atoms with Gasteiger partial charge in [-0.1, -0.05) is 419 Å². The van der Waals surface area contributed by atoms with Crippen LogP contribution >= 0.6 is 0 Å². The molecule has 2 N–H and O–H groups in total. The Morgan fingerprint density at radius 2 is 0.393 bits per heavy atom. The zero-order valence-corrected chi connectivity index (χ0v) is 81.1. The Labute approximate surface area is 820 Å². The average molecular weight is 1820 g/mol. The molecule has 3 aliphatic rings. The molecule has 8 nitrogen and oxygen atoms in total. The first-order valence-corrected chi connectivity index (χ1v) is 48.8. The van der Waals surface area contributed by atoms with Crippen molar-refractivity contribution in [1.82, 2.24) is 0 Å². The lowest BCUT2D eigenvalue weighted by atomic mass is 9.72. The van der Waals surface area contributed by atoms with Gasteiger partial charge in [-0.05, 0) is 307 Å². The molecule has 0 atom stereocenters. The minimum Gasteiger partial charge on any atom is -0.423 e. The van der Waals surface area contributed by atoms with Crippen molar-refractivity contribution in [2.45, 2.75) is 117 Å². The smallest absolute Gasteiger partial charge is 0.423 e.